The molecule has 0 bridgehead atoms. The highest BCUT2D eigenvalue weighted by molar-refractivity contribution is 4.98. The first kappa shape index (κ1) is 16.0. The van der Waals surface area contributed by atoms with Crippen LogP contribution >= 0.6 is 0 Å². The Morgan fingerprint density at radius 3 is 2.70 bits per heavy atom. The summed E-state index contributed by atoms with van der Waals surface area (Å²) in [5.74, 6) is 0. The van der Waals surface area contributed by atoms with Crippen molar-refractivity contribution in [3.8, 4) is 0 Å². The van der Waals surface area contributed by atoms with Crippen LogP contribution in [0, 0.1) is 5.41 Å². The minimum absolute atomic E-state index is 0.167. The van der Waals surface area contributed by atoms with Crippen LogP contribution in [0.5, 0.6) is 0 Å². The van der Waals surface area contributed by atoms with Crippen LogP contribution in [-0.4, -0.2) is 24.8 Å². The van der Waals surface area contributed by atoms with E-state index in [-0.39, 0.29) is 11.0 Å². The van der Waals surface area contributed by atoms with Gasteiger partial charge in [-0.2, -0.15) is 0 Å². The van der Waals surface area contributed by atoms with Crippen molar-refractivity contribution in [2.75, 3.05) is 13.1 Å². The lowest BCUT2D eigenvalue weighted by molar-refractivity contribution is -0.0727. The van der Waals surface area contributed by atoms with Crippen molar-refractivity contribution in [3.63, 3.8) is 0 Å². The van der Waals surface area contributed by atoms with Crippen LogP contribution in [0.2, 0.25) is 0 Å². The van der Waals surface area contributed by atoms with E-state index >= 15 is 0 Å². The van der Waals surface area contributed by atoms with Gasteiger partial charge in [0, 0.05) is 12.0 Å². The summed E-state index contributed by atoms with van der Waals surface area (Å²) in [5.41, 5.74) is 0.419. The summed E-state index contributed by atoms with van der Waals surface area (Å²) in [6.07, 6.45) is 14.1. The van der Waals surface area contributed by atoms with Gasteiger partial charge >= 0.3 is 0 Å². The van der Waals surface area contributed by atoms with Crippen molar-refractivity contribution in [1.82, 2.24) is 5.32 Å². The molecule has 0 radical (unpaired) electrons. The second kappa shape index (κ2) is 7.09. The van der Waals surface area contributed by atoms with E-state index in [4.69, 9.17) is 4.74 Å². The highest BCUT2D eigenvalue weighted by atomic mass is 16.5. The molecule has 2 atom stereocenters. The average Bonchev–Trinajstić information content (AvgIpc) is 2.82. The largest absolute Gasteiger partial charge is 0.372 e. The van der Waals surface area contributed by atoms with Crippen molar-refractivity contribution in [2.24, 2.45) is 5.41 Å². The summed E-state index contributed by atoms with van der Waals surface area (Å²) in [5, 5.41) is 3.54. The lowest BCUT2D eigenvalue weighted by Gasteiger charge is -2.35. The predicted octanol–water partition coefficient (Wildman–Crippen LogP) is 4.45. The smallest absolute Gasteiger partial charge is 0.0687 e. The minimum atomic E-state index is 0.167. The zero-order chi connectivity index (χ0) is 14.5. The summed E-state index contributed by atoms with van der Waals surface area (Å²) in [6.45, 7) is 10.7. The molecule has 2 unspecified atom stereocenters. The first-order valence-corrected chi connectivity index (χ1v) is 8.64. The predicted molar refractivity (Wildman–Crippen MR) is 86.0 cm³/mol. The Balaban J connectivity index is 1.84. The molecule has 0 aromatic carbocycles. The average molecular weight is 279 g/mol. The topological polar surface area (TPSA) is 21.3 Å². The summed E-state index contributed by atoms with van der Waals surface area (Å²) < 4.78 is 6.52. The van der Waals surface area contributed by atoms with Crippen LogP contribution in [0.1, 0.15) is 71.6 Å². The van der Waals surface area contributed by atoms with Crippen LogP contribution in [0.25, 0.3) is 0 Å². The fourth-order valence-electron chi connectivity index (χ4n) is 3.90. The van der Waals surface area contributed by atoms with E-state index in [1.54, 1.807) is 0 Å². The van der Waals surface area contributed by atoms with E-state index in [0.717, 1.165) is 19.5 Å². The first-order valence-electron chi connectivity index (χ1n) is 8.64. The molecule has 0 aromatic heterocycles. The Labute approximate surface area is 125 Å². The van der Waals surface area contributed by atoms with Crippen LogP contribution < -0.4 is 5.32 Å². The molecule has 1 N–H and O–H groups in total. The molecule has 0 aromatic rings. The third-order valence-electron chi connectivity index (χ3n) is 5.25. The van der Waals surface area contributed by atoms with Gasteiger partial charge in [-0.3, -0.25) is 0 Å². The second-order valence-corrected chi connectivity index (χ2v) is 7.26. The Bertz CT molecular complexity index is 309. The fraction of sp³-hybridized carbons (Fsp3) is 0.889. The zero-order valence-corrected chi connectivity index (χ0v) is 13.5. The van der Waals surface area contributed by atoms with Gasteiger partial charge in [-0.05, 0) is 45.1 Å². The maximum atomic E-state index is 6.52. The number of hydrogen-bond donors (Lipinski definition) is 1. The van der Waals surface area contributed by atoms with E-state index in [1.165, 1.54) is 51.4 Å². The molecule has 116 valence electrons. The molecule has 2 rings (SSSR count). The summed E-state index contributed by atoms with van der Waals surface area (Å²) in [7, 11) is 0. The highest BCUT2D eigenvalue weighted by Crippen LogP contribution is 2.44. The molecular weight excluding hydrogens is 246 g/mol. The van der Waals surface area contributed by atoms with Gasteiger partial charge < -0.3 is 10.1 Å². The maximum absolute atomic E-state index is 6.52. The quantitative estimate of drug-likeness (QED) is 0.549. The van der Waals surface area contributed by atoms with Crippen molar-refractivity contribution in [2.45, 2.75) is 83.3 Å². The van der Waals surface area contributed by atoms with Crippen molar-refractivity contribution in [3.05, 3.63) is 12.7 Å². The van der Waals surface area contributed by atoms with Crippen LogP contribution in [0.3, 0.4) is 0 Å². The lowest BCUT2D eigenvalue weighted by Crippen LogP contribution is -2.36. The first-order chi connectivity index (χ1) is 9.61. The summed E-state index contributed by atoms with van der Waals surface area (Å²) in [6, 6.07) is 0. The van der Waals surface area contributed by atoms with Gasteiger partial charge in [-0.1, -0.05) is 39.2 Å². The SMILES string of the molecule is C=CC(C)(CNCCC)CC1CCC2(CCCCC2)O1. The van der Waals surface area contributed by atoms with E-state index in [9.17, 15) is 0 Å². The fourth-order valence-corrected chi connectivity index (χ4v) is 3.90. The van der Waals surface area contributed by atoms with Gasteiger partial charge in [0.15, 0.2) is 0 Å². The van der Waals surface area contributed by atoms with Crippen LogP contribution in [0.4, 0.5) is 0 Å². The second-order valence-electron chi connectivity index (χ2n) is 7.26. The standard InChI is InChI=1S/C18H33NO/c1-4-13-19-15-17(3,5-2)14-16-9-12-18(20-16)10-7-6-8-11-18/h5,16,19H,2,4,6-15H2,1,3H3. The molecule has 2 nitrogen and oxygen atoms in total. The highest BCUT2D eigenvalue weighted by Gasteiger charge is 2.42. The lowest BCUT2D eigenvalue weighted by atomic mass is 9.82. The molecule has 1 heterocycles. The van der Waals surface area contributed by atoms with E-state index in [1.807, 2.05) is 0 Å². The van der Waals surface area contributed by atoms with Crippen molar-refractivity contribution in [1.29, 1.82) is 0 Å². The zero-order valence-electron chi connectivity index (χ0n) is 13.5. The Morgan fingerprint density at radius 1 is 1.30 bits per heavy atom. The molecule has 2 fully saturated rings. The van der Waals surface area contributed by atoms with Crippen molar-refractivity contribution < 1.29 is 4.74 Å². The number of hydrogen-bond acceptors (Lipinski definition) is 2. The molecule has 0 amide bonds. The third kappa shape index (κ3) is 4.08. The molecule has 2 heteroatoms. The monoisotopic (exact) mass is 279 g/mol. The maximum Gasteiger partial charge on any atom is 0.0687 e. The number of rotatable bonds is 7. The molecule has 1 spiro atoms. The number of nitrogens with one attached hydrogen (secondary N) is 1. The van der Waals surface area contributed by atoms with Gasteiger partial charge in [0.25, 0.3) is 0 Å². The normalized spacial score (nSPS) is 28.4. The summed E-state index contributed by atoms with van der Waals surface area (Å²) >= 11 is 0. The van der Waals surface area contributed by atoms with Crippen LogP contribution in [0.15, 0.2) is 12.7 Å². The van der Waals surface area contributed by atoms with Gasteiger partial charge in [0.2, 0.25) is 0 Å². The molecular formula is C18H33NO. The van der Waals surface area contributed by atoms with Gasteiger partial charge in [-0.25, -0.2) is 0 Å². The summed E-state index contributed by atoms with van der Waals surface area (Å²) in [4.78, 5) is 0. The Hall–Kier alpha value is -0.340. The molecule has 1 aliphatic heterocycles. The Kier molecular flexibility index (Phi) is 5.68. The van der Waals surface area contributed by atoms with Crippen molar-refractivity contribution >= 4 is 0 Å². The molecule has 1 saturated heterocycles. The van der Waals surface area contributed by atoms with E-state index < -0.39 is 0 Å². The van der Waals surface area contributed by atoms with Gasteiger partial charge in [-0.15, -0.1) is 6.58 Å². The third-order valence-corrected chi connectivity index (χ3v) is 5.25. The van der Waals surface area contributed by atoms with E-state index in [2.05, 4.69) is 31.8 Å². The van der Waals surface area contributed by atoms with Gasteiger partial charge in [0.1, 0.15) is 0 Å². The molecule has 20 heavy (non-hydrogen) atoms. The van der Waals surface area contributed by atoms with Crippen LogP contribution in [-0.2, 0) is 4.74 Å². The van der Waals surface area contributed by atoms with E-state index in [0.29, 0.717) is 6.10 Å². The molecule has 2 aliphatic rings. The Morgan fingerprint density at radius 2 is 2.05 bits per heavy atom. The number of ether oxygens (including phenoxy) is 1. The van der Waals surface area contributed by atoms with Gasteiger partial charge in [0.05, 0.1) is 11.7 Å². The molecule has 1 aliphatic carbocycles. The molecule has 1 saturated carbocycles. The minimum Gasteiger partial charge on any atom is -0.372 e.